The van der Waals surface area contributed by atoms with E-state index >= 15 is 0 Å². The molecule has 0 saturated carbocycles. The van der Waals surface area contributed by atoms with Gasteiger partial charge in [0.05, 0.1) is 5.75 Å². The molecule has 0 saturated heterocycles. The number of benzene rings is 4. The maximum Gasteiger partial charge on any atom is 0.272 e. The quantitative estimate of drug-likeness (QED) is 0.134. The molecular formula is C37H31N3O4S. The highest BCUT2D eigenvalue weighted by Gasteiger charge is 2.24. The minimum atomic E-state index is -0.504. The number of anilines is 2. The second kappa shape index (κ2) is 13.5. The standard InChI is InChI=1S/C37H31N3O4S/c1-25-11-13-27(14-12-25)34-20-17-30(44-34)23-32(39-36(42)28-8-3-2-4-9-28)37(43)38-29-15-18-31(19-16-29)45-24-35(41)40-22-21-26-7-5-6-10-33(26)40/h2-20,23H,21-22,24H2,1H3,(H,38,43)(H,39,42). The first kappa shape index (κ1) is 29.7. The van der Waals surface area contributed by atoms with Crippen molar-refractivity contribution in [3.63, 3.8) is 0 Å². The SMILES string of the molecule is Cc1ccc(-c2ccc(C=C(NC(=O)c3ccccc3)C(=O)Nc3ccc(SCC(=O)N4CCc5ccccc54)cc3)o2)cc1. The Bertz CT molecular complexity index is 1860. The van der Waals surface area contributed by atoms with Crippen LogP contribution in [-0.4, -0.2) is 30.0 Å². The molecule has 0 radical (unpaired) electrons. The van der Waals surface area contributed by atoms with Crippen LogP contribution in [-0.2, 0) is 16.0 Å². The Balaban J connectivity index is 1.14. The van der Waals surface area contributed by atoms with Crippen molar-refractivity contribution in [3.8, 4) is 11.3 Å². The van der Waals surface area contributed by atoms with Crippen LogP contribution >= 0.6 is 11.8 Å². The van der Waals surface area contributed by atoms with E-state index in [4.69, 9.17) is 4.42 Å². The van der Waals surface area contributed by atoms with Crippen LogP contribution in [0.4, 0.5) is 11.4 Å². The molecule has 5 aromatic rings. The number of hydrogen-bond acceptors (Lipinski definition) is 5. The number of aryl methyl sites for hydroxylation is 1. The summed E-state index contributed by atoms with van der Waals surface area (Å²) in [5.41, 5.74) is 5.23. The van der Waals surface area contributed by atoms with Gasteiger partial charge in [-0.25, -0.2) is 0 Å². The Morgan fingerprint density at radius 3 is 2.36 bits per heavy atom. The van der Waals surface area contributed by atoms with Crippen LogP contribution < -0.4 is 15.5 Å². The molecule has 0 spiro atoms. The van der Waals surface area contributed by atoms with Gasteiger partial charge >= 0.3 is 0 Å². The number of rotatable bonds is 9. The van der Waals surface area contributed by atoms with Gasteiger partial charge in [-0.3, -0.25) is 14.4 Å². The highest BCUT2D eigenvalue weighted by atomic mass is 32.2. The van der Waals surface area contributed by atoms with E-state index in [0.717, 1.165) is 28.1 Å². The Labute approximate surface area is 266 Å². The van der Waals surface area contributed by atoms with Crippen LogP contribution in [0.15, 0.2) is 130 Å². The lowest BCUT2D eigenvalue weighted by Gasteiger charge is -2.17. The molecule has 224 valence electrons. The van der Waals surface area contributed by atoms with Gasteiger partial charge in [0.2, 0.25) is 5.91 Å². The van der Waals surface area contributed by atoms with Crippen molar-refractivity contribution in [2.75, 3.05) is 22.5 Å². The van der Waals surface area contributed by atoms with E-state index in [-0.39, 0.29) is 11.6 Å². The zero-order valence-electron chi connectivity index (χ0n) is 24.7. The summed E-state index contributed by atoms with van der Waals surface area (Å²) in [7, 11) is 0. The molecular weight excluding hydrogens is 582 g/mol. The molecule has 2 N–H and O–H groups in total. The molecule has 0 fully saturated rings. The molecule has 1 aliphatic rings. The van der Waals surface area contributed by atoms with E-state index < -0.39 is 11.8 Å². The van der Waals surface area contributed by atoms with E-state index in [0.29, 0.717) is 35.1 Å². The third-order valence-corrected chi connectivity index (χ3v) is 8.44. The molecule has 0 aliphatic carbocycles. The first-order valence-electron chi connectivity index (χ1n) is 14.6. The number of carbonyl (C=O) groups excluding carboxylic acids is 3. The van der Waals surface area contributed by atoms with E-state index in [1.807, 2.05) is 78.6 Å². The van der Waals surface area contributed by atoms with Gasteiger partial charge in [-0.2, -0.15) is 0 Å². The lowest BCUT2D eigenvalue weighted by Crippen LogP contribution is -2.30. The van der Waals surface area contributed by atoms with Crippen molar-refractivity contribution in [3.05, 3.63) is 143 Å². The van der Waals surface area contributed by atoms with Gasteiger partial charge in [0.25, 0.3) is 11.8 Å². The van der Waals surface area contributed by atoms with Crippen molar-refractivity contribution >= 4 is 46.9 Å². The number of carbonyl (C=O) groups is 3. The molecule has 2 heterocycles. The van der Waals surface area contributed by atoms with Gasteiger partial charge in [-0.1, -0.05) is 66.2 Å². The minimum absolute atomic E-state index is 0.0311. The average molecular weight is 614 g/mol. The summed E-state index contributed by atoms with van der Waals surface area (Å²) in [5.74, 6) is 0.522. The van der Waals surface area contributed by atoms with E-state index in [9.17, 15) is 14.4 Å². The predicted octanol–water partition coefficient (Wildman–Crippen LogP) is 7.35. The summed E-state index contributed by atoms with van der Waals surface area (Å²) in [6.45, 7) is 2.72. The molecule has 6 rings (SSSR count). The first-order valence-corrected chi connectivity index (χ1v) is 15.6. The van der Waals surface area contributed by atoms with Crippen molar-refractivity contribution < 1.29 is 18.8 Å². The minimum Gasteiger partial charge on any atom is -0.457 e. The van der Waals surface area contributed by atoms with E-state index in [2.05, 4.69) is 16.7 Å². The summed E-state index contributed by atoms with van der Waals surface area (Å²) in [6.07, 6.45) is 2.39. The molecule has 1 aromatic heterocycles. The van der Waals surface area contributed by atoms with Crippen molar-refractivity contribution in [1.29, 1.82) is 0 Å². The molecule has 7 nitrogen and oxygen atoms in total. The molecule has 1 aliphatic heterocycles. The highest BCUT2D eigenvalue weighted by molar-refractivity contribution is 8.00. The Kier molecular flexibility index (Phi) is 8.94. The first-order chi connectivity index (χ1) is 21.9. The second-order valence-corrected chi connectivity index (χ2v) is 11.7. The fourth-order valence-corrected chi connectivity index (χ4v) is 5.82. The zero-order valence-corrected chi connectivity index (χ0v) is 25.5. The number of nitrogens with one attached hydrogen (secondary N) is 2. The zero-order chi connectivity index (χ0) is 31.2. The normalized spacial score (nSPS) is 12.5. The maximum absolute atomic E-state index is 13.5. The fraction of sp³-hybridized carbons (Fsp3) is 0.108. The topological polar surface area (TPSA) is 91.7 Å². The summed E-state index contributed by atoms with van der Waals surface area (Å²) in [5, 5.41) is 5.60. The lowest BCUT2D eigenvalue weighted by molar-refractivity contribution is -0.116. The summed E-state index contributed by atoms with van der Waals surface area (Å²) in [6, 6.07) is 35.5. The fourth-order valence-electron chi connectivity index (χ4n) is 5.04. The Hall–Kier alpha value is -5.34. The van der Waals surface area contributed by atoms with Gasteiger partial charge in [0.1, 0.15) is 17.2 Å². The van der Waals surface area contributed by atoms with Gasteiger partial charge in [0, 0.05) is 40.0 Å². The molecule has 3 amide bonds. The molecule has 0 unspecified atom stereocenters. The number of thioether (sulfide) groups is 1. The number of fused-ring (bicyclic) bond motifs is 1. The van der Waals surface area contributed by atoms with Crippen LogP contribution in [0.2, 0.25) is 0 Å². The lowest BCUT2D eigenvalue weighted by atomic mass is 10.1. The van der Waals surface area contributed by atoms with Gasteiger partial charge in [0.15, 0.2) is 0 Å². The van der Waals surface area contributed by atoms with Crippen molar-refractivity contribution in [2.24, 2.45) is 0 Å². The number of hydrogen-bond donors (Lipinski definition) is 2. The van der Waals surface area contributed by atoms with Crippen LogP contribution in [0.25, 0.3) is 17.4 Å². The molecule has 4 aromatic carbocycles. The van der Waals surface area contributed by atoms with Gasteiger partial charge in [-0.05, 0) is 73.5 Å². The van der Waals surface area contributed by atoms with Gasteiger partial charge in [-0.15, -0.1) is 11.8 Å². The van der Waals surface area contributed by atoms with E-state index in [1.54, 1.807) is 42.5 Å². The smallest absolute Gasteiger partial charge is 0.272 e. The van der Waals surface area contributed by atoms with Gasteiger partial charge < -0.3 is 20.0 Å². The maximum atomic E-state index is 13.5. The molecule has 0 atom stereocenters. The molecule has 8 heteroatoms. The van der Waals surface area contributed by atoms with Crippen LogP contribution in [0.3, 0.4) is 0 Å². The van der Waals surface area contributed by atoms with Crippen LogP contribution in [0.1, 0.15) is 27.2 Å². The largest absolute Gasteiger partial charge is 0.457 e. The summed E-state index contributed by atoms with van der Waals surface area (Å²) >= 11 is 1.45. The second-order valence-electron chi connectivity index (χ2n) is 10.6. The number of amides is 3. The van der Waals surface area contributed by atoms with Crippen LogP contribution in [0, 0.1) is 6.92 Å². The Morgan fingerprint density at radius 2 is 1.58 bits per heavy atom. The summed E-state index contributed by atoms with van der Waals surface area (Å²) in [4.78, 5) is 42.1. The average Bonchev–Trinajstić information content (AvgIpc) is 3.72. The van der Waals surface area contributed by atoms with Crippen LogP contribution in [0.5, 0.6) is 0 Å². The predicted molar refractivity (Wildman–Crippen MR) is 179 cm³/mol. The van der Waals surface area contributed by atoms with Crippen molar-refractivity contribution in [1.82, 2.24) is 5.32 Å². The van der Waals surface area contributed by atoms with Crippen molar-refractivity contribution in [2.45, 2.75) is 18.2 Å². The Morgan fingerprint density at radius 1 is 0.844 bits per heavy atom. The molecule has 0 bridgehead atoms. The van der Waals surface area contributed by atoms with E-state index in [1.165, 1.54) is 23.4 Å². The number of nitrogens with zero attached hydrogens (tertiary/aromatic N) is 1. The highest BCUT2D eigenvalue weighted by Crippen LogP contribution is 2.29. The summed E-state index contributed by atoms with van der Waals surface area (Å²) < 4.78 is 6.00. The molecule has 45 heavy (non-hydrogen) atoms. The monoisotopic (exact) mass is 613 g/mol. The number of furan rings is 1. The number of para-hydroxylation sites is 1. The third kappa shape index (κ3) is 7.25. The third-order valence-electron chi connectivity index (χ3n) is 7.44.